The first kappa shape index (κ1) is 22.9. The molecule has 152 valence electrons. The number of rotatable bonds is 6. The van der Waals surface area contributed by atoms with Gasteiger partial charge in [0.05, 0.1) is 5.41 Å². The molecule has 0 radical (unpaired) electrons. The molecule has 1 fully saturated rings. The van der Waals surface area contributed by atoms with Crippen molar-refractivity contribution in [3.8, 4) is 0 Å². The Balaban J connectivity index is 2.83. The van der Waals surface area contributed by atoms with Gasteiger partial charge >= 0.3 is 11.9 Å². The number of carbonyl (C=O) groups excluding carboxylic acids is 1. The summed E-state index contributed by atoms with van der Waals surface area (Å²) in [6.07, 6.45) is 0.0323. The Morgan fingerprint density at radius 3 is 2.12 bits per heavy atom. The largest absolute Gasteiger partial charge is 0.480 e. The maximum Gasteiger partial charge on any atom is 0.321 e. The first-order chi connectivity index (χ1) is 11.6. The molecule has 1 saturated heterocycles. The molecule has 2 N–H and O–H groups in total. The highest BCUT2D eigenvalue weighted by molar-refractivity contribution is 5.77. The fraction of sp³-hybridized carbons (Fsp3) is 0.900. The number of ether oxygens (including phenoxy) is 1. The van der Waals surface area contributed by atoms with E-state index >= 15 is 0 Å². The van der Waals surface area contributed by atoms with E-state index in [1.165, 1.54) is 4.90 Å². The Bertz CT molecular complexity index is 519. The fourth-order valence-electron chi connectivity index (χ4n) is 3.76. The van der Waals surface area contributed by atoms with E-state index in [4.69, 9.17) is 4.74 Å². The molecule has 1 rings (SSSR count). The molecule has 1 aliphatic rings. The van der Waals surface area contributed by atoms with Crippen LogP contribution in [0.15, 0.2) is 0 Å². The van der Waals surface area contributed by atoms with Crippen molar-refractivity contribution >= 4 is 11.9 Å². The standard InChI is InChI=1S/C20H37NO5/c1-13-9-14(16(23)24)21(10-13)15(22)11-26-17(25)20(8,19(5,6)7)12-18(2,3)4/h13-15,22H,9-12H2,1-8H3,(H,23,24). The number of hydrogen-bond donors (Lipinski definition) is 2. The Morgan fingerprint density at radius 1 is 1.15 bits per heavy atom. The summed E-state index contributed by atoms with van der Waals surface area (Å²) in [4.78, 5) is 25.8. The molecule has 1 aliphatic heterocycles. The third-order valence-corrected chi connectivity index (χ3v) is 5.57. The Hall–Kier alpha value is -1.14. The quantitative estimate of drug-likeness (QED) is 0.698. The summed E-state index contributed by atoms with van der Waals surface area (Å²) in [5.74, 6) is -1.12. The SMILES string of the molecule is CC1CC(C(=O)O)N(C(O)COC(=O)C(C)(CC(C)(C)C)C(C)(C)C)C1. The van der Waals surface area contributed by atoms with E-state index in [1.54, 1.807) is 0 Å². The molecule has 26 heavy (non-hydrogen) atoms. The molecule has 0 amide bonds. The van der Waals surface area contributed by atoms with Crippen LogP contribution in [0.5, 0.6) is 0 Å². The van der Waals surface area contributed by atoms with Gasteiger partial charge in [0.2, 0.25) is 0 Å². The van der Waals surface area contributed by atoms with E-state index in [9.17, 15) is 19.8 Å². The van der Waals surface area contributed by atoms with Crippen LogP contribution in [0.4, 0.5) is 0 Å². The summed E-state index contributed by atoms with van der Waals surface area (Å²) in [6.45, 7) is 16.4. The first-order valence-electron chi connectivity index (χ1n) is 9.42. The van der Waals surface area contributed by atoms with Gasteiger partial charge in [-0.25, -0.2) is 0 Å². The lowest BCUT2D eigenvalue weighted by atomic mass is 9.61. The normalized spacial score (nSPS) is 25.6. The number of carboxylic acid groups (broad SMARTS) is 1. The Kier molecular flexibility index (Phi) is 6.91. The summed E-state index contributed by atoms with van der Waals surface area (Å²) in [6, 6.07) is -0.734. The zero-order valence-electron chi connectivity index (χ0n) is 17.6. The van der Waals surface area contributed by atoms with Crippen LogP contribution >= 0.6 is 0 Å². The second-order valence-electron chi connectivity index (χ2n) is 10.3. The monoisotopic (exact) mass is 371 g/mol. The minimum Gasteiger partial charge on any atom is -0.480 e. The van der Waals surface area contributed by atoms with E-state index in [-0.39, 0.29) is 29.3 Å². The van der Waals surface area contributed by atoms with Crippen LogP contribution in [0, 0.1) is 22.2 Å². The zero-order chi connectivity index (χ0) is 20.5. The fourth-order valence-corrected chi connectivity index (χ4v) is 3.76. The number of esters is 1. The van der Waals surface area contributed by atoms with Crippen LogP contribution in [0.3, 0.4) is 0 Å². The number of aliphatic hydroxyl groups is 1. The van der Waals surface area contributed by atoms with Crippen LogP contribution in [-0.4, -0.2) is 52.5 Å². The lowest BCUT2D eigenvalue weighted by Gasteiger charge is -2.43. The van der Waals surface area contributed by atoms with Gasteiger partial charge in [-0.05, 0) is 36.5 Å². The molecule has 0 aromatic heterocycles. The maximum atomic E-state index is 12.9. The number of carboxylic acids is 1. The molecule has 6 nitrogen and oxygen atoms in total. The van der Waals surface area contributed by atoms with Gasteiger partial charge in [0, 0.05) is 6.54 Å². The zero-order valence-corrected chi connectivity index (χ0v) is 17.6. The van der Waals surface area contributed by atoms with Gasteiger partial charge in [0.25, 0.3) is 0 Å². The van der Waals surface area contributed by atoms with Crippen molar-refractivity contribution in [2.45, 2.75) is 80.5 Å². The topological polar surface area (TPSA) is 87.1 Å². The molecule has 0 saturated carbocycles. The van der Waals surface area contributed by atoms with Crippen LogP contribution in [-0.2, 0) is 14.3 Å². The summed E-state index contributed by atoms with van der Waals surface area (Å²) in [5.41, 5.74) is -1.08. The molecular weight excluding hydrogens is 334 g/mol. The van der Waals surface area contributed by atoms with Crippen molar-refractivity contribution in [1.82, 2.24) is 4.90 Å². The van der Waals surface area contributed by atoms with Gasteiger partial charge in [0.15, 0.2) is 0 Å². The van der Waals surface area contributed by atoms with Crippen LogP contribution in [0.25, 0.3) is 0 Å². The smallest absolute Gasteiger partial charge is 0.321 e. The highest BCUT2D eigenvalue weighted by Gasteiger charge is 2.48. The maximum absolute atomic E-state index is 12.9. The number of likely N-dealkylation sites (tertiary alicyclic amines) is 1. The molecule has 0 spiro atoms. The average Bonchev–Trinajstić information content (AvgIpc) is 2.83. The predicted octanol–water partition coefficient (Wildman–Crippen LogP) is 3.13. The molecule has 4 unspecified atom stereocenters. The molecular formula is C20H37NO5. The van der Waals surface area contributed by atoms with Gasteiger partial charge in [-0.2, -0.15) is 0 Å². The van der Waals surface area contributed by atoms with Crippen molar-refractivity contribution in [2.75, 3.05) is 13.2 Å². The number of nitrogens with zero attached hydrogens (tertiary/aromatic N) is 1. The third kappa shape index (κ3) is 5.43. The molecule has 0 aliphatic carbocycles. The minimum atomic E-state index is -1.11. The average molecular weight is 372 g/mol. The van der Waals surface area contributed by atoms with Crippen molar-refractivity contribution in [2.24, 2.45) is 22.2 Å². The number of carbonyl (C=O) groups is 2. The second-order valence-corrected chi connectivity index (χ2v) is 10.3. The van der Waals surface area contributed by atoms with Gasteiger partial charge in [-0.1, -0.05) is 48.5 Å². The lowest BCUT2D eigenvalue weighted by molar-refractivity contribution is -0.173. The van der Waals surface area contributed by atoms with Crippen LogP contribution < -0.4 is 0 Å². The summed E-state index contributed by atoms with van der Waals surface area (Å²) < 4.78 is 5.49. The highest BCUT2D eigenvalue weighted by atomic mass is 16.5. The van der Waals surface area contributed by atoms with Gasteiger partial charge in [-0.3, -0.25) is 14.5 Å². The van der Waals surface area contributed by atoms with Crippen molar-refractivity contribution in [1.29, 1.82) is 0 Å². The van der Waals surface area contributed by atoms with Gasteiger partial charge in [-0.15, -0.1) is 0 Å². The number of hydrogen-bond acceptors (Lipinski definition) is 5. The summed E-state index contributed by atoms with van der Waals surface area (Å²) >= 11 is 0. The number of aliphatic hydroxyl groups excluding tert-OH is 1. The van der Waals surface area contributed by atoms with Crippen molar-refractivity contribution in [3.05, 3.63) is 0 Å². The van der Waals surface area contributed by atoms with Crippen LogP contribution in [0.1, 0.15) is 68.2 Å². The van der Waals surface area contributed by atoms with E-state index in [0.29, 0.717) is 19.4 Å². The Labute approximate surface area is 157 Å². The van der Waals surface area contributed by atoms with E-state index in [0.717, 1.165) is 0 Å². The molecule has 6 heteroatoms. The van der Waals surface area contributed by atoms with E-state index < -0.39 is 23.7 Å². The van der Waals surface area contributed by atoms with Gasteiger partial charge in [0.1, 0.15) is 18.9 Å². The molecule has 0 aromatic carbocycles. The minimum absolute atomic E-state index is 0.0571. The van der Waals surface area contributed by atoms with Crippen LogP contribution in [0.2, 0.25) is 0 Å². The number of aliphatic carboxylic acids is 1. The first-order valence-corrected chi connectivity index (χ1v) is 9.42. The predicted molar refractivity (Wildman–Crippen MR) is 101 cm³/mol. The highest BCUT2D eigenvalue weighted by Crippen LogP contribution is 2.47. The molecule has 0 aromatic rings. The molecule has 1 heterocycles. The summed E-state index contributed by atoms with van der Waals surface area (Å²) in [5, 5.41) is 19.8. The molecule has 4 atom stereocenters. The van der Waals surface area contributed by atoms with Crippen molar-refractivity contribution in [3.63, 3.8) is 0 Å². The Morgan fingerprint density at radius 2 is 1.69 bits per heavy atom. The molecule has 0 bridgehead atoms. The van der Waals surface area contributed by atoms with E-state index in [1.807, 2.05) is 34.6 Å². The summed E-state index contributed by atoms with van der Waals surface area (Å²) in [7, 11) is 0. The third-order valence-electron chi connectivity index (χ3n) is 5.57. The second kappa shape index (κ2) is 7.85. The van der Waals surface area contributed by atoms with Crippen molar-refractivity contribution < 1.29 is 24.5 Å². The van der Waals surface area contributed by atoms with Gasteiger partial charge < -0.3 is 14.9 Å². The van der Waals surface area contributed by atoms with E-state index in [2.05, 4.69) is 20.8 Å². The lowest BCUT2D eigenvalue weighted by Crippen LogP contribution is -2.48.